The molecule has 9 heteroatoms. The molecule has 2 N–H and O–H groups in total. The third kappa shape index (κ3) is 3.73. The molecule has 0 saturated carbocycles. The highest BCUT2D eigenvalue weighted by Crippen LogP contribution is 2.41. The average molecular weight is 376 g/mol. The van der Waals surface area contributed by atoms with Gasteiger partial charge >= 0.3 is 6.18 Å². The second-order valence-electron chi connectivity index (χ2n) is 6.03. The van der Waals surface area contributed by atoms with Crippen molar-refractivity contribution in [3.8, 4) is 5.75 Å². The lowest BCUT2D eigenvalue weighted by Crippen LogP contribution is -2.61. The monoisotopic (exact) mass is 376 g/mol. The van der Waals surface area contributed by atoms with Gasteiger partial charge in [0.05, 0.1) is 12.1 Å². The van der Waals surface area contributed by atoms with E-state index in [0.29, 0.717) is 5.17 Å². The minimum absolute atomic E-state index is 0.0726. The van der Waals surface area contributed by atoms with E-state index in [2.05, 4.69) is 10.3 Å². The van der Waals surface area contributed by atoms with Crippen LogP contribution in [-0.4, -0.2) is 53.3 Å². The van der Waals surface area contributed by atoms with E-state index < -0.39 is 35.8 Å². The van der Waals surface area contributed by atoms with Crippen LogP contribution in [0.4, 0.5) is 13.2 Å². The van der Waals surface area contributed by atoms with Crippen molar-refractivity contribution in [1.82, 2.24) is 5.32 Å². The molecule has 5 nitrogen and oxygen atoms in total. The van der Waals surface area contributed by atoms with E-state index in [1.54, 1.807) is 32.2 Å². The lowest BCUT2D eigenvalue weighted by molar-refractivity contribution is -0.258. The predicted octanol–water partition coefficient (Wildman–Crippen LogP) is 2.41. The van der Waals surface area contributed by atoms with Gasteiger partial charge in [-0.2, -0.15) is 13.2 Å². The van der Waals surface area contributed by atoms with Gasteiger partial charge in [0.25, 0.3) is 0 Å². The van der Waals surface area contributed by atoms with Crippen molar-refractivity contribution in [2.24, 2.45) is 10.9 Å². The van der Waals surface area contributed by atoms with Crippen LogP contribution in [0, 0.1) is 5.92 Å². The van der Waals surface area contributed by atoms with E-state index in [0.717, 1.165) is 0 Å². The second kappa shape index (κ2) is 7.05. The molecule has 2 aliphatic rings. The Bertz CT molecular complexity index is 629. The van der Waals surface area contributed by atoms with Gasteiger partial charge in [-0.05, 0) is 12.1 Å². The number of aliphatic imine (C=N–C) groups is 1. The molecule has 6 atom stereocenters. The number of amidine groups is 1. The maximum Gasteiger partial charge on any atom is 0.428 e. The molecule has 3 rings (SSSR count). The summed E-state index contributed by atoms with van der Waals surface area (Å²) in [5.41, 5.74) is -0.564. The van der Waals surface area contributed by atoms with Crippen molar-refractivity contribution >= 4 is 16.9 Å². The first-order valence-corrected chi connectivity index (χ1v) is 8.71. The molecule has 0 bridgehead atoms. The molecule has 0 amide bonds. The number of alkyl halides is 3. The van der Waals surface area contributed by atoms with Gasteiger partial charge in [0.2, 0.25) is 6.10 Å². The molecule has 0 unspecified atom stereocenters. The van der Waals surface area contributed by atoms with E-state index >= 15 is 0 Å². The number of nitrogens with one attached hydrogen (secondary N) is 1. The van der Waals surface area contributed by atoms with Gasteiger partial charge in [0.15, 0.2) is 5.17 Å². The first kappa shape index (κ1) is 18.3. The minimum Gasteiger partial charge on any atom is -0.478 e. The maximum atomic E-state index is 13.6. The number of aliphatic hydroxyl groups excluding tert-OH is 1. The highest BCUT2D eigenvalue weighted by atomic mass is 32.2. The molecular formula is C16H19F3N2O3S. The third-order valence-electron chi connectivity index (χ3n) is 4.37. The Hall–Kier alpha value is -1.45. The number of hydrogen-bond donors (Lipinski definition) is 2. The van der Waals surface area contributed by atoms with Crippen molar-refractivity contribution in [3.05, 3.63) is 30.3 Å². The maximum absolute atomic E-state index is 13.6. The van der Waals surface area contributed by atoms with Crippen molar-refractivity contribution in [2.45, 2.75) is 42.9 Å². The van der Waals surface area contributed by atoms with Crippen LogP contribution in [0.5, 0.6) is 5.75 Å². The number of benzene rings is 1. The fourth-order valence-electron chi connectivity index (χ4n) is 3.00. The zero-order valence-electron chi connectivity index (χ0n) is 13.6. The standard InChI is InChI=1S/C16H19F3N2O3S/c1-8-10-14(25-15(20-2)21-10)24-12(11(8)22)13(16(17,18)19)23-9-6-4-3-5-7-9/h3-8,10-14,22H,1-2H3,(H,20,21)/t8-,10-,11+,12+,13-,14-/m1/s1. The smallest absolute Gasteiger partial charge is 0.428 e. The highest BCUT2D eigenvalue weighted by Gasteiger charge is 2.57. The van der Waals surface area contributed by atoms with Crippen molar-refractivity contribution in [3.63, 3.8) is 0 Å². The second-order valence-corrected chi connectivity index (χ2v) is 7.12. The zero-order chi connectivity index (χ0) is 18.2. The summed E-state index contributed by atoms with van der Waals surface area (Å²) >= 11 is 1.22. The van der Waals surface area contributed by atoms with Crippen molar-refractivity contribution in [2.75, 3.05) is 7.05 Å². The summed E-state index contributed by atoms with van der Waals surface area (Å²) in [5, 5.41) is 14.1. The molecule has 2 heterocycles. The largest absolute Gasteiger partial charge is 0.478 e. The average Bonchev–Trinajstić information content (AvgIpc) is 3.00. The summed E-state index contributed by atoms with van der Waals surface area (Å²) in [7, 11) is 1.59. The van der Waals surface area contributed by atoms with Crippen LogP contribution in [0.3, 0.4) is 0 Å². The molecular weight excluding hydrogens is 357 g/mol. The van der Waals surface area contributed by atoms with Crippen LogP contribution in [-0.2, 0) is 4.74 Å². The fraction of sp³-hybridized carbons (Fsp3) is 0.562. The van der Waals surface area contributed by atoms with Gasteiger partial charge < -0.3 is 19.9 Å². The van der Waals surface area contributed by atoms with Crippen molar-refractivity contribution < 1.29 is 27.8 Å². The number of hydrogen-bond acceptors (Lipinski definition) is 5. The van der Waals surface area contributed by atoms with E-state index in [1.165, 1.54) is 23.9 Å². The Morgan fingerprint density at radius 1 is 1.32 bits per heavy atom. The molecule has 0 radical (unpaired) electrons. The number of thioether (sulfide) groups is 1. The Morgan fingerprint density at radius 3 is 2.60 bits per heavy atom. The Labute approximate surface area is 147 Å². The zero-order valence-corrected chi connectivity index (χ0v) is 14.4. The third-order valence-corrected chi connectivity index (χ3v) is 5.53. The van der Waals surface area contributed by atoms with Gasteiger partial charge in [0, 0.05) is 13.0 Å². The molecule has 25 heavy (non-hydrogen) atoms. The lowest BCUT2D eigenvalue weighted by Gasteiger charge is -2.43. The summed E-state index contributed by atoms with van der Waals surface area (Å²) in [6.45, 7) is 1.69. The molecule has 0 aromatic heterocycles. The van der Waals surface area contributed by atoms with Gasteiger partial charge in [0.1, 0.15) is 17.3 Å². The van der Waals surface area contributed by atoms with Gasteiger partial charge in [-0.25, -0.2) is 0 Å². The quantitative estimate of drug-likeness (QED) is 0.848. The van der Waals surface area contributed by atoms with Gasteiger partial charge in [-0.1, -0.05) is 36.9 Å². The summed E-state index contributed by atoms with van der Waals surface area (Å²) in [5.74, 6) is -0.386. The molecule has 0 spiro atoms. The van der Waals surface area contributed by atoms with Crippen LogP contribution in [0.25, 0.3) is 0 Å². The minimum atomic E-state index is -4.69. The van der Waals surface area contributed by atoms with Crippen LogP contribution in [0.1, 0.15) is 6.92 Å². The van der Waals surface area contributed by atoms with E-state index in [4.69, 9.17) is 9.47 Å². The SMILES string of the molecule is CN=C1N[C@@H]2[C@@H](C)[C@H](O)[C@@H]([C@@H](Oc3ccccc3)C(F)(F)F)O[C@@H]2S1. The normalized spacial score (nSPS) is 35.1. The fourth-order valence-corrected chi connectivity index (χ4v) is 4.18. The van der Waals surface area contributed by atoms with E-state index in [-0.39, 0.29) is 11.8 Å². The molecule has 0 aliphatic carbocycles. The van der Waals surface area contributed by atoms with Crippen LogP contribution in [0.2, 0.25) is 0 Å². The molecule has 1 aromatic rings. The number of fused-ring (bicyclic) bond motifs is 1. The summed E-state index contributed by atoms with van der Waals surface area (Å²) in [6.07, 6.45) is -9.81. The number of rotatable bonds is 3. The van der Waals surface area contributed by atoms with Gasteiger partial charge in [-0.3, -0.25) is 4.99 Å². The number of halogens is 3. The van der Waals surface area contributed by atoms with Crippen molar-refractivity contribution in [1.29, 1.82) is 0 Å². The predicted molar refractivity (Wildman–Crippen MR) is 88.6 cm³/mol. The number of aliphatic hydroxyl groups is 1. The Balaban J connectivity index is 1.85. The summed E-state index contributed by atoms with van der Waals surface area (Å²) in [6, 6.07) is 7.42. The van der Waals surface area contributed by atoms with Crippen LogP contribution < -0.4 is 10.1 Å². The molecule has 138 valence electrons. The first-order valence-electron chi connectivity index (χ1n) is 7.83. The molecule has 2 saturated heterocycles. The van der Waals surface area contributed by atoms with Gasteiger partial charge in [-0.15, -0.1) is 0 Å². The summed E-state index contributed by atoms with van der Waals surface area (Å²) < 4.78 is 51.6. The Morgan fingerprint density at radius 2 is 2.00 bits per heavy atom. The molecule has 1 aromatic carbocycles. The molecule has 2 fully saturated rings. The van der Waals surface area contributed by atoms with E-state index in [9.17, 15) is 18.3 Å². The summed E-state index contributed by atoms with van der Waals surface area (Å²) in [4.78, 5) is 4.01. The Kier molecular flexibility index (Phi) is 5.17. The van der Waals surface area contributed by atoms with Crippen LogP contribution >= 0.6 is 11.8 Å². The number of ether oxygens (including phenoxy) is 2. The molecule has 2 aliphatic heterocycles. The number of para-hydroxylation sites is 1. The highest BCUT2D eigenvalue weighted by molar-refractivity contribution is 8.14. The van der Waals surface area contributed by atoms with E-state index in [1.807, 2.05) is 0 Å². The lowest BCUT2D eigenvalue weighted by atomic mass is 9.87. The number of nitrogens with zero attached hydrogens (tertiary/aromatic N) is 1. The first-order chi connectivity index (χ1) is 11.8. The topological polar surface area (TPSA) is 63.1 Å². The van der Waals surface area contributed by atoms with Crippen LogP contribution in [0.15, 0.2) is 35.3 Å².